The average Bonchev–Trinajstić information content (AvgIpc) is 2.02. The fraction of sp³-hybridized carbons (Fsp3) is 0.700. The Labute approximate surface area is 97.8 Å². The van der Waals surface area contributed by atoms with E-state index in [0.29, 0.717) is 10.1 Å². The molecule has 0 saturated carbocycles. The SMILES string of the molecule is C=C(C)C(=O)OOC(CC)[N+](C)(C)C.[Cl-]. The van der Waals surface area contributed by atoms with Gasteiger partial charge in [0.15, 0.2) is 0 Å². The van der Waals surface area contributed by atoms with E-state index < -0.39 is 5.97 Å². The molecule has 0 aromatic carbocycles. The molecule has 15 heavy (non-hydrogen) atoms. The highest BCUT2D eigenvalue weighted by Crippen LogP contribution is 2.10. The van der Waals surface area contributed by atoms with E-state index in [-0.39, 0.29) is 18.6 Å². The molecule has 0 fully saturated rings. The summed E-state index contributed by atoms with van der Waals surface area (Å²) < 4.78 is 0.583. The highest BCUT2D eigenvalue weighted by atomic mass is 35.5. The number of hydrogen-bond donors (Lipinski definition) is 0. The second-order valence-electron chi connectivity index (χ2n) is 4.23. The highest BCUT2D eigenvalue weighted by Gasteiger charge is 2.25. The minimum atomic E-state index is -0.517. The van der Waals surface area contributed by atoms with Gasteiger partial charge in [-0.3, -0.25) is 4.89 Å². The fourth-order valence-electron chi connectivity index (χ4n) is 0.915. The van der Waals surface area contributed by atoms with E-state index in [1.54, 1.807) is 6.92 Å². The number of nitrogens with zero attached hydrogens (tertiary/aromatic N) is 1. The van der Waals surface area contributed by atoms with Crippen LogP contribution in [-0.2, 0) is 14.6 Å². The van der Waals surface area contributed by atoms with E-state index >= 15 is 0 Å². The van der Waals surface area contributed by atoms with Crippen molar-refractivity contribution in [3.63, 3.8) is 0 Å². The van der Waals surface area contributed by atoms with Crippen LogP contribution >= 0.6 is 0 Å². The van der Waals surface area contributed by atoms with Gasteiger partial charge in [0, 0.05) is 12.0 Å². The van der Waals surface area contributed by atoms with Crippen LogP contribution in [-0.4, -0.2) is 37.8 Å². The first-order chi connectivity index (χ1) is 6.29. The molecule has 5 heteroatoms. The van der Waals surface area contributed by atoms with Gasteiger partial charge in [0.25, 0.3) is 0 Å². The lowest BCUT2D eigenvalue weighted by atomic mass is 10.3. The summed E-state index contributed by atoms with van der Waals surface area (Å²) >= 11 is 0. The van der Waals surface area contributed by atoms with Crippen molar-refractivity contribution in [1.29, 1.82) is 0 Å². The van der Waals surface area contributed by atoms with Gasteiger partial charge in [-0.15, -0.1) is 4.89 Å². The lowest BCUT2D eigenvalue weighted by Crippen LogP contribution is -3.00. The van der Waals surface area contributed by atoms with E-state index in [1.165, 1.54) is 0 Å². The van der Waals surface area contributed by atoms with E-state index in [2.05, 4.69) is 11.5 Å². The Morgan fingerprint density at radius 2 is 1.87 bits per heavy atom. The third-order valence-electron chi connectivity index (χ3n) is 1.80. The second-order valence-corrected chi connectivity index (χ2v) is 4.23. The predicted octanol–water partition coefficient (Wildman–Crippen LogP) is -1.52. The van der Waals surface area contributed by atoms with Crippen LogP contribution in [0.2, 0.25) is 0 Å². The van der Waals surface area contributed by atoms with Gasteiger partial charge in [-0.25, -0.2) is 4.79 Å². The molecule has 0 rings (SSSR count). The Kier molecular flexibility index (Phi) is 7.66. The Morgan fingerprint density at radius 1 is 1.40 bits per heavy atom. The number of carbonyl (C=O) groups excluding carboxylic acids is 1. The van der Waals surface area contributed by atoms with E-state index in [9.17, 15) is 4.79 Å². The van der Waals surface area contributed by atoms with Gasteiger partial charge >= 0.3 is 5.97 Å². The largest absolute Gasteiger partial charge is 1.00 e. The maximum absolute atomic E-state index is 11.0. The molecule has 90 valence electrons. The van der Waals surface area contributed by atoms with Crippen LogP contribution in [0.15, 0.2) is 12.2 Å². The zero-order chi connectivity index (χ0) is 11.4. The van der Waals surface area contributed by atoms with Crippen LogP contribution in [0, 0.1) is 0 Å². The molecule has 0 aliphatic carbocycles. The topological polar surface area (TPSA) is 35.5 Å². The standard InChI is InChI=1S/C10H20NO3.ClH/c1-7-9(11(4,5)6)13-14-10(12)8(2)3;/h9H,2,7H2,1,3-6H3;1H/q+1;/p-1. The molecule has 0 aromatic rings. The molecule has 0 radical (unpaired) electrons. The average molecular weight is 238 g/mol. The van der Waals surface area contributed by atoms with Gasteiger partial charge in [-0.2, -0.15) is 0 Å². The zero-order valence-electron chi connectivity index (χ0n) is 10.0. The minimum absolute atomic E-state index is 0. The number of rotatable bonds is 5. The number of hydrogen-bond acceptors (Lipinski definition) is 3. The van der Waals surface area contributed by atoms with Gasteiger partial charge in [-0.1, -0.05) is 13.5 Å². The summed E-state index contributed by atoms with van der Waals surface area (Å²) in [6.07, 6.45) is 0.616. The predicted molar refractivity (Wildman–Crippen MR) is 54.1 cm³/mol. The maximum atomic E-state index is 11.0. The molecule has 0 bridgehead atoms. The molecular formula is C10H20ClNO3. The van der Waals surface area contributed by atoms with Crippen LogP contribution < -0.4 is 12.4 Å². The normalized spacial score (nSPS) is 12.6. The zero-order valence-corrected chi connectivity index (χ0v) is 10.8. The molecule has 1 unspecified atom stereocenters. The molecule has 4 nitrogen and oxygen atoms in total. The van der Waals surface area contributed by atoms with Crippen LogP contribution in [0.5, 0.6) is 0 Å². The first kappa shape index (κ1) is 16.8. The van der Waals surface area contributed by atoms with Gasteiger partial charge in [0.05, 0.1) is 21.1 Å². The molecule has 0 aromatic heterocycles. The molecular weight excluding hydrogens is 218 g/mol. The van der Waals surface area contributed by atoms with E-state index in [4.69, 9.17) is 4.89 Å². The van der Waals surface area contributed by atoms with Crippen molar-refractivity contribution in [1.82, 2.24) is 0 Å². The summed E-state index contributed by atoms with van der Waals surface area (Å²) in [7, 11) is 5.92. The monoisotopic (exact) mass is 237 g/mol. The van der Waals surface area contributed by atoms with Crippen molar-refractivity contribution in [2.45, 2.75) is 26.5 Å². The maximum Gasteiger partial charge on any atom is 0.368 e. The third-order valence-corrected chi connectivity index (χ3v) is 1.80. The Bertz CT molecular complexity index is 223. The summed E-state index contributed by atoms with van der Waals surface area (Å²) in [6, 6.07) is 0. The van der Waals surface area contributed by atoms with Crippen LogP contribution in [0.1, 0.15) is 20.3 Å². The fourth-order valence-corrected chi connectivity index (χ4v) is 0.915. The molecule has 0 amide bonds. The van der Waals surface area contributed by atoms with Crippen molar-refractivity contribution in [3.8, 4) is 0 Å². The van der Waals surface area contributed by atoms with Crippen LogP contribution in [0.4, 0.5) is 0 Å². The third kappa shape index (κ3) is 6.49. The molecule has 1 atom stereocenters. The molecule has 0 N–H and O–H groups in total. The number of quaternary nitrogens is 1. The first-order valence-corrected chi connectivity index (χ1v) is 4.63. The van der Waals surface area contributed by atoms with E-state index in [1.807, 2.05) is 28.1 Å². The summed E-state index contributed by atoms with van der Waals surface area (Å²) in [5, 5.41) is 0. The summed E-state index contributed by atoms with van der Waals surface area (Å²) in [5.41, 5.74) is 0.335. The Hall–Kier alpha value is -0.580. The lowest BCUT2D eigenvalue weighted by Gasteiger charge is -2.31. The molecule has 0 aliphatic heterocycles. The lowest BCUT2D eigenvalue weighted by molar-refractivity contribution is -0.929. The first-order valence-electron chi connectivity index (χ1n) is 4.63. The van der Waals surface area contributed by atoms with Gasteiger partial charge in [0.2, 0.25) is 6.23 Å². The molecule has 0 aliphatic rings. The summed E-state index contributed by atoms with van der Waals surface area (Å²) in [6.45, 7) is 7.02. The number of carbonyl (C=O) groups is 1. The molecule has 0 spiro atoms. The van der Waals surface area contributed by atoms with Crippen LogP contribution in [0.25, 0.3) is 0 Å². The quantitative estimate of drug-likeness (QED) is 0.192. The summed E-state index contributed by atoms with van der Waals surface area (Å²) in [5.74, 6) is -0.517. The van der Waals surface area contributed by atoms with Crippen LogP contribution in [0.3, 0.4) is 0 Å². The van der Waals surface area contributed by atoms with Crippen molar-refractivity contribution in [2.75, 3.05) is 21.1 Å². The molecule has 0 heterocycles. The Balaban J connectivity index is 0. The van der Waals surface area contributed by atoms with Gasteiger partial charge < -0.3 is 16.9 Å². The second kappa shape index (κ2) is 6.82. The smallest absolute Gasteiger partial charge is 0.368 e. The Morgan fingerprint density at radius 3 is 2.13 bits per heavy atom. The van der Waals surface area contributed by atoms with Crippen molar-refractivity contribution >= 4 is 5.97 Å². The number of halogens is 1. The summed E-state index contributed by atoms with van der Waals surface area (Å²) in [4.78, 5) is 20.7. The van der Waals surface area contributed by atoms with Crippen molar-refractivity contribution in [3.05, 3.63) is 12.2 Å². The minimum Gasteiger partial charge on any atom is -1.00 e. The highest BCUT2D eigenvalue weighted by molar-refractivity contribution is 5.86. The molecule has 0 saturated heterocycles. The van der Waals surface area contributed by atoms with Crippen molar-refractivity contribution in [2.24, 2.45) is 0 Å². The van der Waals surface area contributed by atoms with Gasteiger partial charge in [0.1, 0.15) is 0 Å². The van der Waals surface area contributed by atoms with E-state index in [0.717, 1.165) is 6.42 Å². The van der Waals surface area contributed by atoms with Crippen molar-refractivity contribution < 1.29 is 31.5 Å². The van der Waals surface area contributed by atoms with Gasteiger partial charge in [-0.05, 0) is 6.92 Å².